The van der Waals surface area contributed by atoms with Gasteiger partial charge in [0.05, 0.1) is 11.9 Å². The summed E-state index contributed by atoms with van der Waals surface area (Å²) in [4.78, 5) is 4.14. The van der Waals surface area contributed by atoms with Gasteiger partial charge in [-0.1, -0.05) is 10.4 Å². The lowest BCUT2D eigenvalue weighted by Gasteiger charge is -1.96. The van der Waals surface area contributed by atoms with Crippen molar-refractivity contribution in [1.29, 1.82) is 0 Å². The lowest BCUT2D eigenvalue weighted by atomic mass is 10.2. The molecule has 0 radical (unpaired) electrons. The average Bonchev–Trinajstić information content (AvgIpc) is 3.11. The highest BCUT2D eigenvalue weighted by atomic mass is 19.1. The molecule has 108 valence electrons. The van der Waals surface area contributed by atoms with Gasteiger partial charge in [0.1, 0.15) is 6.54 Å². The first kappa shape index (κ1) is 13.2. The summed E-state index contributed by atoms with van der Waals surface area (Å²) in [5.74, 6) is -0.655. The Balaban J connectivity index is 1.80. The molecule has 9 heteroatoms. The minimum atomic E-state index is -0.747. The predicted octanol–water partition coefficient (Wildman–Crippen LogP) is 0.680. The number of phenolic OH excluding ortho intramolecular Hbond substituents is 1. The van der Waals surface area contributed by atoms with Gasteiger partial charge in [0.2, 0.25) is 11.7 Å². The molecule has 0 bridgehead atoms. The molecule has 1 aromatic carbocycles. The highest BCUT2D eigenvalue weighted by Gasteiger charge is 2.12. The molecular formula is C12H11FN6O2. The van der Waals surface area contributed by atoms with Gasteiger partial charge in [0, 0.05) is 12.1 Å². The Hall–Kier alpha value is -2.81. The van der Waals surface area contributed by atoms with E-state index in [2.05, 4.69) is 20.5 Å². The van der Waals surface area contributed by atoms with E-state index in [9.17, 15) is 4.39 Å². The molecule has 0 saturated carbocycles. The van der Waals surface area contributed by atoms with Crippen LogP contribution in [0.1, 0.15) is 11.6 Å². The monoisotopic (exact) mass is 290 g/mol. The molecule has 0 aliphatic rings. The van der Waals surface area contributed by atoms with E-state index < -0.39 is 11.6 Å². The van der Waals surface area contributed by atoms with Crippen molar-refractivity contribution in [3.05, 3.63) is 41.8 Å². The maximum Gasteiger partial charge on any atom is 0.248 e. The van der Waals surface area contributed by atoms with Crippen molar-refractivity contribution in [3.63, 3.8) is 0 Å². The van der Waals surface area contributed by atoms with Gasteiger partial charge in [0.25, 0.3) is 0 Å². The lowest BCUT2D eigenvalue weighted by molar-refractivity contribution is 0.364. The molecule has 0 aliphatic heterocycles. The van der Waals surface area contributed by atoms with E-state index >= 15 is 0 Å². The Morgan fingerprint density at radius 3 is 2.95 bits per heavy atom. The third-order valence-corrected chi connectivity index (χ3v) is 2.77. The van der Waals surface area contributed by atoms with Crippen molar-refractivity contribution in [3.8, 4) is 17.1 Å². The lowest BCUT2D eigenvalue weighted by Crippen LogP contribution is -2.00. The van der Waals surface area contributed by atoms with E-state index in [4.69, 9.17) is 15.4 Å². The summed E-state index contributed by atoms with van der Waals surface area (Å²) in [5.41, 5.74) is 6.49. The summed E-state index contributed by atoms with van der Waals surface area (Å²) < 4.78 is 19.9. The maximum atomic E-state index is 13.3. The van der Waals surface area contributed by atoms with Crippen molar-refractivity contribution in [2.45, 2.75) is 13.1 Å². The van der Waals surface area contributed by atoms with Crippen molar-refractivity contribution < 1.29 is 14.0 Å². The molecule has 2 heterocycles. The van der Waals surface area contributed by atoms with Crippen molar-refractivity contribution in [2.75, 3.05) is 0 Å². The van der Waals surface area contributed by atoms with E-state index in [1.165, 1.54) is 16.8 Å². The smallest absolute Gasteiger partial charge is 0.248 e. The summed E-state index contributed by atoms with van der Waals surface area (Å²) >= 11 is 0. The Kier molecular flexibility index (Phi) is 3.32. The molecule has 0 amide bonds. The zero-order chi connectivity index (χ0) is 14.8. The first-order valence-electron chi connectivity index (χ1n) is 6.06. The van der Waals surface area contributed by atoms with E-state index in [-0.39, 0.29) is 12.4 Å². The second-order valence-corrected chi connectivity index (χ2v) is 4.29. The first-order chi connectivity index (χ1) is 10.2. The van der Waals surface area contributed by atoms with Crippen LogP contribution >= 0.6 is 0 Å². The third kappa shape index (κ3) is 2.72. The third-order valence-electron chi connectivity index (χ3n) is 2.77. The number of nitrogens with two attached hydrogens (primary N) is 1. The van der Waals surface area contributed by atoms with E-state index in [0.29, 0.717) is 23.7 Å². The van der Waals surface area contributed by atoms with Gasteiger partial charge < -0.3 is 15.4 Å². The molecule has 3 rings (SSSR count). The van der Waals surface area contributed by atoms with E-state index in [1.54, 1.807) is 6.20 Å². The SMILES string of the molecule is NCc1cn(Cc2nc(-c3ccc(O)c(F)c3)no2)nn1. The molecule has 0 fully saturated rings. The fourth-order valence-electron chi connectivity index (χ4n) is 1.73. The molecular weight excluding hydrogens is 279 g/mol. The van der Waals surface area contributed by atoms with E-state index in [1.807, 2.05) is 0 Å². The summed E-state index contributed by atoms with van der Waals surface area (Å²) in [6, 6.07) is 3.85. The molecule has 0 spiro atoms. The number of nitrogens with zero attached hydrogens (tertiary/aromatic N) is 5. The van der Waals surface area contributed by atoms with Gasteiger partial charge >= 0.3 is 0 Å². The van der Waals surface area contributed by atoms with Crippen LogP contribution < -0.4 is 5.73 Å². The van der Waals surface area contributed by atoms with Gasteiger partial charge in [-0.25, -0.2) is 9.07 Å². The van der Waals surface area contributed by atoms with Crippen LogP contribution in [0.3, 0.4) is 0 Å². The minimum Gasteiger partial charge on any atom is -0.505 e. The highest BCUT2D eigenvalue weighted by molar-refractivity contribution is 5.55. The van der Waals surface area contributed by atoms with Crippen molar-refractivity contribution >= 4 is 0 Å². The molecule has 8 nitrogen and oxygen atoms in total. The Morgan fingerprint density at radius 1 is 1.38 bits per heavy atom. The van der Waals surface area contributed by atoms with Crippen LogP contribution in [0, 0.1) is 5.82 Å². The zero-order valence-corrected chi connectivity index (χ0v) is 10.8. The quantitative estimate of drug-likeness (QED) is 0.725. The van der Waals surface area contributed by atoms with Crippen LogP contribution in [0.25, 0.3) is 11.4 Å². The van der Waals surface area contributed by atoms with Crippen molar-refractivity contribution in [2.24, 2.45) is 5.73 Å². The fourth-order valence-corrected chi connectivity index (χ4v) is 1.73. The van der Waals surface area contributed by atoms with E-state index in [0.717, 1.165) is 6.07 Å². The molecule has 21 heavy (non-hydrogen) atoms. The first-order valence-corrected chi connectivity index (χ1v) is 6.06. The predicted molar refractivity (Wildman–Crippen MR) is 68.4 cm³/mol. The van der Waals surface area contributed by atoms with Crippen LogP contribution in [0.4, 0.5) is 4.39 Å². The average molecular weight is 290 g/mol. The maximum absolute atomic E-state index is 13.3. The Labute approximate surface area is 118 Å². The second kappa shape index (κ2) is 5.29. The number of phenols is 1. The summed E-state index contributed by atoms with van der Waals surface area (Å²) in [6.45, 7) is 0.530. The number of hydrogen-bond donors (Lipinski definition) is 2. The number of aromatic hydroxyl groups is 1. The number of rotatable bonds is 4. The largest absolute Gasteiger partial charge is 0.505 e. The molecule has 0 saturated heterocycles. The molecule has 0 unspecified atom stereocenters. The summed E-state index contributed by atoms with van der Waals surface area (Å²) in [5, 5.41) is 20.6. The van der Waals surface area contributed by atoms with Crippen LogP contribution in [0.2, 0.25) is 0 Å². The topological polar surface area (TPSA) is 116 Å². The molecule has 0 atom stereocenters. The fraction of sp³-hybridized carbons (Fsp3) is 0.167. The van der Waals surface area contributed by atoms with Gasteiger partial charge in [-0.15, -0.1) is 5.10 Å². The number of benzene rings is 1. The molecule has 3 N–H and O–H groups in total. The van der Waals surface area contributed by atoms with Crippen molar-refractivity contribution in [1.82, 2.24) is 25.1 Å². The number of halogens is 1. The normalized spacial score (nSPS) is 11.0. The standard InChI is InChI=1S/C12H11FN6O2/c13-9-3-7(1-2-10(9)20)12-15-11(21-17-12)6-19-5-8(4-14)16-18-19/h1-3,5,20H,4,6,14H2. The van der Waals surface area contributed by atoms with Crippen LogP contribution in [0.5, 0.6) is 5.75 Å². The second-order valence-electron chi connectivity index (χ2n) is 4.29. The summed E-state index contributed by atoms with van der Waals surface area (Å²) in [6.07, 6.45) is 1.67. The van der Waals surface area contributed by atoms with Gasteiger partial charge in [-0.05, 0) is 18.2 Å². The van der Waals surface area contributed by atoms with Crippen LogP contribution in [-0.4, -0.2) is 30.2 Å². The molecule has 0 aliphatic carbocycles. The van der Waals surface area contributed by atoms with Gasteiger partial charge in [-0.3, -0.25) is 0 Å². The zero-order valence-electron chi connectivity index (χ0n) is 10.8. The van der Waals surface area contributed by atoms with Gasteiger partial charge in [-0.2, -0.15) is 4.98 Å². The summed E-state index contributed by atoms with van der Waals surface area (Å²) in [7, 11) is 0. The highest BCUT2D eigenvalue weighted by Crippen LogP contribution is 2.22. The van der Waals surface area contributed by atoms with Crippen LogP contribution in [0.15, 0.2) is 28.9 Å². The molecule has 2 aromatic heterocycles. The number of aromatic nitrogens is 5. The molecule has 3 aromatic rings. The van der Waals surface area contributed by atoms with Crippen LogP contribution in [-0.2, 0) is 13.1 Å². The minimum absolute atomic E-state index is 0.225. The number of hydrogen-bond acceptors (Lipinski definition) is 7. The Morgan fingerprint density at radius 2 is 2.24 bits per heavy atom. The van der Waals surface area contributed by atoms with Gasteiger partial charge in [0.15, 0.2) is 11.6 Å². The Bertz CT molecular complexity index is 769.